The molecule has 0 radical (unpaired) electrons. The van der Waals surface area contributed by atoms with Gasteiger partial charge in [-0.15, -0.1) is 0 Å². The number of hydrogen-bond donors (Lipinski definition) is 3. The third kappa shape index (κ3) is 3.70. The van der Waals surface area contributed by atoms with Gasteiger partial charge in [0, 0.05) is 24.9 Å². The Labute approximate surface area is 107 Å². The molecule has 1 aliphatic carbocycles. The molecule has 1 heterocycles. The van der Waals surface area contributed by atoms with Crippen LogP contribution in [0.25, 0.3) is 0 Å². The van der Waals surface area contributed by atoms with Gasteiger partial charge in [0.1, 0.15) is 0 Å². The van der Waals surface area contributed by atoms with Crippen molar-refractivity contribution in [2.45, 2.75) is 31.3 Å². The second-order valence-corrected chi connectivity index (χ2v) is 4.78. The maximum Gasteiger partial charge on any atom is 0.188 e. The standard InChI is InChI=1S/C13H20N4O/c14-12(17-10-13(18)6-3-7-13)16-9-5-11-4-1-2-8-15-11/h1-2,4,8,18H,3,5-7,9-10H2,(H3,14,16,17). The van der Waals surface area contributed by atoms with E-state index in [0.29, 0.717) is 19.0 Å². The van der Waals surface area contributed by atoms with Crippen LogP contribution in [-0.2, 0) is 6.42 Å². The number of rotatable bonds is 5. The van der Waals surface area contributed by atoms with E-state index in [1.54, 1.807) is 6.20 Å². The predicted octanol–water partition coefficient (Wildman–Crippen LogP) is 0.443. The number of guanidine groups is 1. The lowest BCUT2D eigenvalue weighted by Gasteiger charge is -2.34. The number of aromatic nitrogens is 1. The summed E-state index contributed by atoms with van der Waals surface area (Å²) < 4.78 is 0. The molecule has 1 aliphatic rings. The SMILES string of the molecule is NC(=NCC1(O)CCC1)NCCc1ccccn1. The molecular weight excluding hydrogens is 228 g/mol. The summed E-state index contributed by atoms with van der Waals surface area (Å²) in [5.41, 5.74) is 6.15. The number of aliphatic hydroxyl groups is 1. The zero-order valence-electron chi connectivity index (χ0n) is 10.5. The van der Waals surface area contributed by atoms with Gasteiger partial charge >= 0.3 is 0 Å². The lowest BCUT2D eigenvalue weighted by Crippen LogP contribution is -2.42. The minimum Gasteiger partial charge on any atom is -0.388 e. The molecule has 2 rings (SSSR count). The van der Waals surface area contributed by atoms with E-state index in [1.165, 1.54) is 0 Å². The Morgan fingerprint density at radius 3 is 2.94 bits per heavy atom. The van der Waals surface area contributed by atoms with Crippen LogP contribution in [0.15, 0.2) is 29.4 Å². The first-order chi connectivity index (χ1) is 8.68. The largest absolute Gasteiger partial charge is 0.388 e. The Morgan fingerprint density at radius 1 is 1.50 bits per heavy atom. The van der Waals surface area contributed by atoms with E-state index in [0.717, 1.165) is 31.4 Å². The van der Waals surface area contributed by atoms with Crippen LogP contribution in [0.1, 0.15) is 25.0 Å². The summed E-state index contributed by atoms with van der Waals surface area (Å²) in [4.78, 5) is 8.38. The van der Waals surface area contributed by atoms with E-state index in [4.69, 9.17) is 5.73 Å². The summed E-state index contributed by atoms with van der Waals surface area (Å²) in [6.45, 7) is 1.10. The van der Waals surface area contributed by atoms with Crippen molar-refractivity contribution in [1.29, 1.82) is 0 Å². The van der Waals surface area contributed by atoms with Crippen molar-refractivity contribution in [3.05, 3.63) is 30.1 Å². The van der Waals surface area contributed by atoms with Crippen molar-refractivity contribution in [3.63, 3.8) is 0 Å². The van der Waals surface area contributed by atoms with Gasteiger partial charge in [0.05, 0.1) is 12.1 Å². The van der Waals surface area contributed by atoms with Crippen molar-refractivity contribution in [2.75, 3.05) is 13.1 Å². The average Bonchev–Trinajstić information content (AvgIpc) is 2.35. The van der Waals surface area contributed by atoms with Gasteiger partial charge in [-0.1, -0.05) is 6.07 Å². The summed E-state index contributed by atoms with van der Waals surface area (Å²) in [7, 11) is 0. The molecule has 0 atom stereocenters. The lowest BCUT2D eigenvalue weighted by molar-refractivity contribution is -0.0235. The Balaban J connectivity index is 1.68. The fraction of sp³-hybridized carbons (Fsp3) is 0.538. The number of pyridine rings is 1. The highest BCUT2D eigenvalue weighted by atomic mass is 16.3. The first-order valence-electron chi connectivity index (χ1n) is 6.34. The van der Waals surface area contributed by atoms with Crippen LogP contribution in [-0.4, -0.2) is 34.7 Å². The second-order valence-electron chi connectivity index (χ2n) is 4.78. The van der Waals surface area contributed by atoms with Crippen molar-refractivity contribution in [3.8, 4) is 0 Å². The number of hydrogen-bond acceptors (Lipinski definition) is 3. The van der Waals surface area contributed by atoms with Gasteiger partial charge in [-0.3, -0.25) is 9.98 Å². The van der Waals surface area contributed by atoms with Crippen molar-refractivity contribution >= 4 is 5.96 Å². The first kappa shape index (κ1) is 12.8. The molecule has 4 N–H and O–H groups in total. The Kier molecular flexibility index (Phi) is 4.15. The monoisotopic (exact) mass is 248 g/mol. The van der Waals surface area contributed by atoms with E-state index >= 15 is 0 Å². The summed E-state index contributed by atoms with van der Waals surface area (Å²) in [6, 6.07) is 5.84. The molecular formula is C13H20N4O. The van der Waals surface area contributed by atoms with Crippen LogP contribution < -0.4 is 11.1 Å². The van der Waals surface area contributed by atoms with E-state index in [-0.39, 0.29) is 0 Å². The lowest BCUT2D eigenvalue weighted by atomic mass is 9.80. The summed E-state index contributed by atoms with van der Waals surface area (Å²) >= 11 is 0. The van der Waals surface area contributed by atoms with Gasteiger partial charge in [-0.05, 0) is 31.4 Å². The maximum atomic E-state index is 9.86. The van der Waals surface area contributed by atoms with Crippen LogP contribution in [0.5, 0.6) is 0 Å². The zero-order valence-corrected chi connectivity index (χ0v) is 10.5. The molecule has 0 bridgehead atoms. The molecule has 1 saturated carbocycles. The summed E-state index contributed by atoms with van der Waals surface area (Å²) in [5, 5.41) is 12.9. The highest BCUT2D eigenvalue weighted by molar-refractivity contribution is 5.77. The molecule has 0 saturated heterocycles. The molecule has 0 aromatic carbocycles. The Bertz CT molecular complexity index is 401. The number of aliphatic imine (C=N–C) groups is 1. The third-order valence-corrected chi connectivity index (χ3v) is 3.24. The normalized spacial score (nSPS) is 18.2. The van der Waals surface area contributed by atoms with E-state index in [9.17, 15) is 5.11 Å². The average molecular weight is 248 g/mol. The molecule has 1 aromatic rings. The quantitative estimate of drug-likeness (QED) is 0.521. The van der Waals surface area contributed by atoms with Gasteiger partial charge in [0.15, 0.2) is 5.96 Å². The van der Waals surface area contributed by atoms with Crippen LogP contribution >= 0.6 is 0 Å². The van der Waals surface area contributed by atoms with Crippen molar-refractivity contribution in [1.82, 2.24) is 10.3 Å². The fourth-order valence-corrected chi connectivity index (χ4v) is 1.90. The van der Waals surface area contributed by atoms with Crippen LogP contribution in [0.2, 0.25) is 0 Å². The summed E-state index contributed by atoms with van der Waals surface area (Å²) in [5.74, 6) is 0.395. The van der Waals surface area contributed by atoms with E-state index in [1.807, 2.05) is 18.2 Å². The third-order valence-electron chi connectivity index (χ3n) is 3.24. The van der Waals surface area contributed by atoms with Gasteiger partial charge in [0.25, 0.3) is 0 Å². The topological polar surface area (TPSA) is 83.5 Å². The molecule has 0 amide bonds. The first-order valence-corrected chi connectivity index (χ1v) is 6.34. The molecule has 98 valence electrons. The highest BCUT2D eigenvalue weighted by Gasteiger charge is 2.33. The Hall–Kier alpha value is -1.62. The van der Waals surface area contributed by atoms with E-state index in [2.05, 4.69) is 15.3 Å². The molecule has 5 nitrogen and oxygen atoms in total. The number of nitrogens with one attached hydrogen (secondary N) is 1. The van der Waals surface area contributed by atoms with Crippen molar-refractivity contribution < 1.29 is 5.11 Å². The molecule has 18 heavy (non-hydrogen) atoms. The van der Waals surface area contributed by atoms with E-state index < -0.39 is 5.60 Å². The summed E-state index contributed by atoms with van der Waals surface area (Å²) in [6.07, 6.45) is 5.33. The highest BCUT2D eigenvalue weighted by Crippen LogP contribution is 2.31. The molecule has 0 spiro atoms. The minimum atomic E-state index is -0.604. The van der Waals surface area contributed by atoms with Gasteiger partial charge in [0.2, 0.25) is 0 Å². The van der Waals surface area contributed by atoms with Gasteiger partial charge in [-0.25, -0.2) is 0 Å². The fourth-order valence-electron chi connectivity index (χ4n) is 1.90. The van der Waals surface area contributed by atoms with Crippen LogP contribution in [0, 0.1) is 0 Å². The Morgan fingerprint density at radius 2 is 2.33 bits per heavy atom. The molecule has 0 unspecified atom stereocenters. The van der Waals surface area contributed by atoms with Gasteiger partial charge in [-0.2, -0.15) is 0 Å². The molecule has 1 aromatic heterocycles. The second kappa shape index (κ2) is 5.82. The zero-order chi connectivity index (χ0) is 12.8. The molecule has 1 fully saturated rings. The minimum absolute atomic E-state index is 0.395. The predicted molar refractivity (Wildman–Crippen MR) is 71.2 cm³/mol. The van der Waals surface area contributed by atoms with Crippen LogP contribution in [0.3, 0.4) is 0 Å². The van der Waals surface area contributed by atoms with Crippen LogP contribution in [0.4, 0.5) is 0 Å². The van der Waals surface area contributed by atoms with Crippen molar-refractivity contribution in [2.24, 2.45) is 10.7 Å². The van der Waals surface area contributed by atoms with Gasteiger partial charge < -0.3 is 16.2 Å². The molecule has 0 aliphatic heterocycles. The smallest absolute Gasteiger partial charge is 0.188 e. The number of nitrogens with two attached hydrogens (primary N) is 1. The number of nitrogens with zero attached hydrogens (tertiary/aromatic N) is 2. The molecule has 5 heteroatoms. The maximum absolute atomic E-state index is 9.86.